The molecule has 7 nitrogen and oxygen atoms in total. The molecule has 0 bridgehead atoms. The minimum Gasteiger partial charge on any atom is -0.479 e. The summed E-state index contributed by atoms with van der Waals surface area (Å²) in [6, 6.07) is 0. The number of ether oxygens (including phenoxy) is 1. The molecule has 1 amide bonds. The highest BCUT2D eigenvalue weighted by atomic mass is 32.1. The molecule has 1 saturated heterocycles. The van der Waals surface area contributed by atoms with Crippen LogP contribution in [-0.4, -0.2) is 46.0 Å². The molecule has 0 aliphatic carbocycles. The van der Waals surface area contributed by atoms with Crippen LogP contribution in [0.2, 0.25) is 0 Å². The summed E-state index contributed by atoms with van der Waals surface area (Å²) in [5, 5.41) is 3.33. The van der Waals surface area contributed by atoms with Gasteiger partial charge in [-0.2, -0.15) is 9.37 Å². The molecule has 2 aromatic rings. The van der Waals surface area contributed by atoms with Crippen LogP contribution in [0.5, 0.6) is 5.88 Å². The molecule has 1 fully saturated rings. The molecule has 0 unspecified atom stereocenters. The second-order valence-corrected chi connectivity index (χ2v) is 7.57. The smallest absolute Gasteiger partial charge is 0.253 e. The molecule has 3 heterocycles. The van der Waals surface area contributed by atoms with Crippen molar-refractivity contribution in [3.05, 3.63) is 28.4 Å². The lowest BCUT2D eigenvalue weighted by Gasteiger charge is -2.14. The third kappa shape index (κ3) is 4.53. The molecule has 9 heteroatoms. The van der Waals surface area contributed by atoms with Crippen molar-refractivity contribution in [1.29, 1.82) is 0 Å². The molecule has 26 heavy (non-hydrogen) atoms. The predicted octanol–water partition coefficient (Wildman–Crippen LogP) is 2.41. The standard InChI is InChI=1S/C17H22FN5O2S/c1-10-15(18)16(25-3)22-14(20-10)6-12-4-5-23(8-12)9-13-7-19-17(26-13)21-11(2)24/h7,12H,4-6,8-9H2,1-3H3,(H,19,21,24)/t12-/m1/s1. The van der Waals surface area contributed by atoms with E-state index in [1.807, 2.05) is 0 Å². The lowest BCUT2D eigenvalue weighted by molar-refractivity contribution is -0.114. The fourth-order valence-corrected chi connectivity index (χ4v) is 4.01. The van der Waals surface area contributed by atoms with E-state index in [0.717, 1.165) is 30.9 Å². The van der Waals surface area contributed by atoms with Crippen LogP contribution >= 0.6 is 11.3 Å². The number of nitrogens with one attached hydrogen (secondary N) is 1. The molecule has 3 rings (SSSR count). The number of hydrogen-bond acceptors (Lipinski definition) is 7. The Bertz CT molecular complexity index is 797. The number of aryl methyl sites for hydroxylation is 1. The number of thiazole rings is 1. The van der Waals surface area contributed by atoms with Gasteiger partial charge in [0.1, 0.15) is 5.82 Å². The Morgan fingerprint density at radius 2 is 2.31 bits per heavy atom. The van der Waals surface area contributed by atoms with E-state index in [1.165, 1.54) is 25.4 Å². The predicted molar refractivity (Wildman–Crippen MR) is 96.8 cm³/mol. The third-order valence-electron chi connectivity index (χ3n) is 4.28. The zero-order valence-electron chi connectivity index (χ0n) is 15.1. The fourth-order valence-electron chi connectivity index (χ4n) is 3.11. The maximum absolute atomic E-state index is 13.8. The number of carbonyl (C=O) groups is 1. The normalized spacial score (nSPS) is 17.5. The third-order valence-corrected chi connectivity index (χ3v) is 5.18. The summed E-state index contributed by atoms with van der Waals surface area (Å²) >= 11 is 1.49. The summed E-state index contributed by atoms with van der Waals surface area (Å²) in [5.74, 6) is 0.449. The van der Waals surface area contributed by atoms with Crippen LogP contribution in [0.3, 0.4) is 0 Å². The van der Waals surface area contributed by atoms with E-state index in [-0.39, 0.29) is 11.8 Å². The first-order valence-electron chi connectivity index (χ1n) is 8.46. The van der Waals surface area contributed by atoms with E-state index in [0.29, 0.717) is 29.0 Å². The van der Waals surface area contributed by atoms with E-state index in [9.17, 15) is 9.18 Å². The van der Waals surface area contributed by atoms with Gasteiger partial charge in [-0.3, -0.25) is 9.69 Å². The van der Waals surface area contributed by atoms with Gasteiger partial charge in [0.15, 0.2) is 5.13 Å². The van der Waals surface area contributed by atoms with Crippen LogP contribution in [0, 0.1) is 18.7 Å². The number of amides is 1. The molecule has 1 atom stereocenters. The van der Waals surface area contributed by atoms with E-state index >= 15 is 0 Å². The molecule has 140 valence electrons. The lowest BCUT2D eigenvalue weighted by atomic mass is 10.0. The number of hydrogen-bond donors (Lipinski definition) is 1. The molecule has 0 saturated carbocycles. The monoisotopic (exact) mass is 379 g/mol. The summed E-state index contributed by atoms with van der Waals surface area (Å²) in [5.41, 5.74) is 0.317. The highest BCUT2D eigenvalue weighted by Gasteiger charge is 2.25. The summed E-state index contributed by atoms with van der Waals surface area (Å²) in [4.78, 5) is 27.2. The van der Waals surface area contributed by atoms with E-state index < -0.39 is 5.82 Å². The fraction of sp³-hybridized carbons (Fsp3) is 0.529. The van der Waals surface area contributed by atoms with Crippen molar-refractivity contribution in [1.82, 2.24) is 19.9 Å². The number of aromatic nitrogens is 3. The number of halogens is 1. The van der Waals surface area contributed by atoms with Gasteiger partial charge in [-0.15, -0.1) is 11.3 Å². The van der Waals surface area contributed by atoms with Crippen molar-refractivity contribution in [3.63, 3.8) is 0 Å². The lowest BCUT2D eigenvalue weighted by Crippen LogP contribution is -2.20. The first kappa shape index (κ1) is 18.7. The van der Waals surface area contributed by atoms with Crippen LogP contribution in [0.4, 0.5) is 9.52 Å². The van der Waals surface area contributed by atoms with Crippen molar-refractivity contribution in [3.8, 4) is 5.88 Å². The number of anilines is 1. The second-order valence-electron chi connectivity index (χ2n) is 6.46. The molecule has 0 spiro atoms. The van der Waals surface area contributed by atoms with E-state index in [2.05, 4.69) is 25.2 Å². The van der Waals surface area contributed by atoms with Crippen LogP contribution in [0.15, 0.2) is 6.20 Å². The van der Waals surface area contributed by atoms with Gasteiger partial charge in [-0.1, -0.05) is 0 Å². The maximum atomic E-state index is 13.8. The molecule has 1 aliphatic rings. The number of carbonyl (C=O) groups excluding carboxylic acids is 1. The molecule has 0 aromatic carbocycles. The quantitative estimate of drug-likeness (QED) is 0.830. The van der Waals surface area contributed by atoms with Gasteiger partial charge in [0, 0.05) is 37.5 Å². The zero-order valence-corrected chi connectivity index (χ0v) is 15.9. The molecule has 1 N–H and O–H groups in total. The Labute approximate surface area is 155 Å². The highest BCUT2D eigenvalue weighted by molar-refractivity contribution is 7.15. The second kappa shape index (κ2) is 8.05. The number of nitrogens with zero attached hydrogens (tertiary/aromatic N) is 4. The Morgan fingerprint density at radius 1 is 1.50 bits per heavy atom. The van der Waals surface area contributed by atoms with Crippen molar-refractivity contribution in [2.45, 2.75) is 33.2 Å². The molecular weight excluding hydrogens is 357 g/mol. The van der Waals surface area contributed by atoms with Crippen molar-refractivity contribution in [2.75, 3.05) is 25.5 Å². The van der Waals surface area contributed by atoms with Crippen LogP contribution in [-0.2, 0) is 17.8 Å². The van der Waals surface area contributed by atoms with Gasteiger partial charge in [-0.25, -0.2) is 9.97 Å². The average Bonchev–Trinajstić information content (AvgIpc) is 3.20. The first-order valence-corrected chi connectivity index (χ1v) is 9.28. The van der Waals surface area contributed by atoms with Crippen molar-refractivity contribution in [2.24, 2.45) is 5.92 Å². The van der Waals surface area contributed by atoms with Gasteiger partial charge in [0.05, 0.1) is 12.8 Å². The Morgan fingerprint density at radius 3 is 3.04 bits per heavy atom. The highest BCUT2D eigenvalue weighted by Crippen LogP contribution is 2.26. The van der Waals surface area contributed by atoms with Crippen LogP contribution in [0.1, 0.15) is 29.7 Å². The summed E-state index contributed by atoms with van der Waals surface area (Å²) < 4.78 is 18.8. The van der Waals surface area contributed by atoms with Crippen molar-refractivity contribution >= 4 is 22.4 Å². The Hall–Kier alpha value is -2.13. The summed E-state index contributed by atoms with van der Waals surface area (Å²) in [7, 11) is 1.41. The maximum Gasteiger partial charge on any atom is 0.253 e. The van der Waals surface area contributed by atoms with Crippen LogP contribution < -0.4 is 10.1 Å². The van der Waals surface area contributed by atoms with E-state index in [4.69, 9.17) is 4.74 Å². The number of rotatable bonds is 6. The SMILES string of the molecule is COc1nc(C[C@H]2CCN(Cc3cnc(NC(C)=O)s3)C2)nc(C)c1F. The van der Waals surface area contributed by atoms with Gasteiger partial charge in [-0.05, 0) is 25.8 Å². The molecule has 2 aromatic heterocycles. The Kier molecular flexibility index (Phi) is 5.77. The average molecular weight is 379 g/mol. The Balaban J connectivity index is 1.56. The van der Waals surface area contributed by atoms with Gasteiger partial charge < -0.3 is 10.1 Å². The molecule has 0 radical (unpaired) electrons. The first-order chi connectivity index (χ1) is 12.4. The number of likely N-dealkylation sites (tertiary alicyclic amines) is 1. The minimum atomic E-state index is -0.496. The van der Waals surface area contributed by atoms with E-state index in [1.54, 1.807) is 13.1 Å². The topological polar surface area (TPSA) is 80.2 Å². The molecule has 1 aliphatic heterocycles. The van der Waals surface area contributed by atoms with Crippen molar-refractivity contribution < 1.29 is 13.9 Å². The minimum absolute atomic E-state index is 0.0116. The number of methoxy groups -OCH3 is 1. The van der Waals surface area contributed by atoms with Gasteiger partial charge >= 0.3 is 0 Å². The summed E-state index contributed by atoms with van der Waals surface area (Å²) in [6.07, 6.45) is 3.55. The largest absolute Gasteiger partial charge is 0.479 e. The zero-order chi connectivity index (χ0) is 18.7. The summed E-state index contributed by atoms with van der Waals surface area (Å²) in [6.45, 7) is 5.81. The van der Waals surface area contributed by atoms with Gasteiger partial charge in [0.2, 0.25) is 11.7 Å². The van der Waals surface area contributed by atoms with Gasteiger partial charge in [0.25, 0.3) is 5.88 Å². The van der Waals surface area contributed by atoms with Crippen LogP contribution in [0.25, 0.3) is 0 Å². The molecular formula is C17H22FN5O2S.